The standard InChI is InChI=1S/C28H30ClN5O3S.C25H23Cl2N3O3S/c1-16-15-20-24(38-25(32-20)19-9-10-31-27(33-19)34-13-11-30-12-14-34)22(17-5-7-18(29)8-6-17)21(16)23(26(35)36)37-28(2,3)4;1-13-12-17-21(34-22(29-17)16-10-11-28-24(27)30-16)19(14-6-8-15(26)9-7-14)18(13)20(23(31)32-5)33-25(2,3)4/h5-10,15,23,30H,11-14H2,1-4H3,(H,35,36);6-12,20H,1-5H3/t23-;20-/m00/s1. The summed E-state index contributed by atoms with van der Waals surface area (Å²) in [6.07, 6.45) is 1.27. The summed E-state index contributed by atoms with van der Waals surface area (Å²) >= 11 is 21.3. The van der Waals surface area contributed by atoms with Crippen LogP contribution < -0.4 is 10.2 Å². The summed E-state index contributed by atoms with van der Waals surface area (Å²) in [7, 11) is 1.36. The Labute approximate surface area is 440 Å². The Hall–Kier alpha value is -5.69. The number of aromatic nitrogens is 6. The van der Waals surface area contributed by atoms with Crippen LogP contribution in [0.4, 0.5) is 5.95 Å². The van der Waals surface area contributed by atoms with Crippen LogP contribution in [0.5, 0.6) is 0 Å². The average molecular weight is 1070 g/mol. The van der Waals surface area contributed by atoms with Crippen LogP contribution in [0, 0.1) is 13.8 Å². The van der Waals surface area contributed by atoms with Gasteiger partial charge in [-0.25, -0.2) is 39.5 Å². The number of nitrogens with zero attached hydrogens (tertiary/aromatic N) is 7. The minimum Gasteiger partial charge on any atom is -0.479 e. The van der Waals surface area contributed by atoms with Gasteiger partial charge in [0.2, 0.25) is 11.2 Å². The van der Waals surface area contributed by atoms with Gasteiger partial charge in [-0.2, -0.15) is 0 Å². The minimum atomic E-state index is -1.16. The molecule has 374 valence electrons. The van der Waals surface area contributed by atoms with E-state index >= 15 is 0 Å². The van der Waals surface area contributed by atoms with Crippen molar-refractivity contribution in [2.24, 2.45) is 0 Å². The first-order valence-corrected chi connectivity index (χ1v) is 25.8. The number of carboxylic acids is 1. The molecule has 5 heterocycles. The molecule has 9 rings (SSSR count). The summed E-state index contributed by atoms with van der Waals surface area (Å²) in [5, 5.41) is 16.4. The number of rotatable bonds is 11. The summed E-state index contributed by atoms with van der Waals surface area (Å²) in [5.41, 5.74) is 8.01. The number of anilines is 1. The van der Waals surface area contributed by atoms with Gasteiger partial charge in [-0.1, -0.05) is 47.5 Å². The van der Waals surface area contributed by atoms with E-state index in [0.717, 1.165) is 96.3 Å². The highest BCUT2D eigenvalue weighted by Crippen LogP contribution is 2.46. The van der Waals surface area contributed by atoms with Crippen molar-refractivity contribution >= 4 is 95.8 Å². The molecule has 0 radical (unpaired) electrons. The molecule has 1 aliphatic heterocycles. The topological polar surface area (TPSA) is 175 Å². The lowest BCUT2D eigenvalue weighted by Crippen LogP contribution is -2.44. The van der Waals surface area contributed by atoms with Crippen molar-refractivity contribution in [1.29, 1.82) is 0 Å². The predicted octanol–water partition coefficient (Wildman–Crippen LogP) is 12.8. The number of methoxy groups -OCH3 is 1. The van der Waals surface area contributed by atoms with Gasteiger partial charge in [-0.15, -0.1) is 22.7 Å². The fraction of sp³-hybridized carbons (Fsp3) is 0.321. The zero-order valence-electron chi connectivity index (χ0n) is 41.1. The molecule has 14 nitrogen and oxygen atoms in total. The molecule has 0 aliphatic carbocycles. The zero-order chi connectivity index (χ0) is 51.6. The summed E-state index contributed by atoms with van der Waals surface area (Å²) in [4.78, 5) is 55.0. The molecular formula is C53H53Cl3N8O6S2. The highest BCUT2D eigenvalue weighted by molar-refractivity contribution is 7.22. The molecule has 0 bridgehead atoms. The van der Waals surface area contributed by atoms with E-state index in [9.17, 15) is 14.7 Å². The molecule has 8 aromatic rings. The number of aliphatic carboxylic acids is 1. The molecule has 0 spiro atoms. The number of benzene rings is 4. The molecule has 4 aromatic carbocycles. The van der Waals surface area contributed by atoms with Crippen LogP contribution >= 0.6 is 57.5 Å². The van der Waals surface area contributed by atoms with Crippen molar-refractivity contribution in [3.63, 3.8) is 0 Å². The van der Waals surface area contributed by atoms with Crippen molar-refractivity contribution in [1.82, 2.24) is 35.2 Å². The summed E-state index contributed by atoms with van der Waals surface area (Å²) in [6, 6.07) is 22.4. The van der Waals surface area contributed by atoms with Crippen molar-refractivity contribution in [3.8, 4) is 43.7 Å². The van der Waals surface area contributed by atoms with Gasteiger partial charge in [0.25, 0.3) is 0 Å². The van der Waals surface area contributed by atoms with E-state index in [0.29, 0.717) is 32.3 Å². The molecular weight excluding hydrogens is 1020 g/mol. The van der Waals surface area contributed by atoms with E-state index < -0.39 is 35.3 Å². The number of halogens is 3. The number of ether oxygens (including phenoxy) is 3. The number of carbonyl (C=O) groups is 2. The van der Waals surface area contributed by atoms with E-state index in [1.165, 1.54) is 29.8 Å². The maximum absolute atomic E-state index is 13.0. The lowest BCUT2D eigenvalue weighted by atomic mass is 9.91. The number of hydrogen-bond donors (Lipinski definition) is 2. The third kappa shape index (κ3) is 12.0. The second-order valence-electron chi connectivity index (χ2n) is 19.0. The maximum Gasteiger partial charge on any atom is 0.339 e. The first-order valence-electron chi connectivity index (χ1n) is 23.0. The Kier molecular flexibility index (Phi) is 15.9. The lowest BCUT2D eigenvalue weighted by molar-refractivity contribution is -0.164. The van der Waals surface area contributed by atoms with Gasteiger partial charge in [0.1, 0.15) is 21.4 Å². The largest absolute Gasteiger partial charge is 0.479 e. The molecule has 19 heteroatoms. The van der Waals surface area contributed by atoms with E-state index in [4.69, 9.17) is 64.0 Å². The molecule has 4 aromatic heterocycles. The van der Waals surface area contributed by atoms with Gasteiger partial charge < -0.3 is 29.5 Å². The zero-order valence-corrected chi connectivity index (χ0v) is 45.0. The van der Waals surface area contributed by atoms with Crippen LogP contribution in [0.25, 0.3) is 64.1 Å². The van der Waals surface area contributed by atoms with E-state index in [1.54, 1.807) is 30.6 Å². The van der Waals surface area contributed by atoms with E-state index in [1.807, 2.05) is 110 Å². The molecule has 0 amide bonds. The Balaban J connectivity index is 0.000000194. The third-order valence-corrected chi connectivity index (χ3v) is 14.2. The van der Waals surface area contributed by atoms with E-state index in [2.05, 4.69) is 25.2 Å². The average Bonchev–Trinajstić information content (AvgIpc) is 3.97. The number of thiazole rings is 2. The fourth-order valence-electron chi connectivity index (χ4n) is 8.33. The normalized spacial score (nSPS) is 14.0. The highest BCUT2D eigenvalue weighted by atomic mass is 35.5. The van der Waals surface area contributed by atoms with Crippen LogP contribution in [0.3, 0.4) is 0 Å². The van der Waals surface area contributed by atoms with Crippen LogP contribution in [0.2, 0.25) is 15.3 Å². The number of fused-ring (bicyclic) bond motifs is 2. The van der Waals surface area contributed by atoms with Crippen molar-refractivity contribution < 1.29 is 28.9 Å². The Morgan fingerprint density at radius 3 is 1.58 bits per heavy atom. The Morgan fingerprint density at radius 2 is 1.12 bits per heavy atom. The smallest absolute Gasteiger partial charge is 0.339 e. The summed E-state index contributed by atoms with van der Waals surface area (Å²) in [5.74, 6) is -0.832. The van der Waals surface area contributed by atoms with Crippen LogP contribution in [-0.4, -0.2) is 91.4 Å². The quantitative estimate of drug-likeness (QED) is 0.0924. The number of carboxylic acid groups (broad SMARTS) is 1. The van der Waals surface area contributed by atoms with Gasteiger partial charge in [0.15, 0.2) is 12.2 Å². The van der Waals surface area contributed by atoms with Crippen molar-refractivity contribution in [2.45, 2.75) is 78.8 Å². The highest BCUT2D eigenvalue weighted by Gasteiger charge is 2.35. The number of piperazine rings is 1. The molecule has 0 unspecified atom stereocenters. The predicted molar refractivity (Wildman–Crippen MR) is 289 cm³/mol. The monoisotopic (exact) mass is 1070 g/mol. The van der Waals surface area contributed by atoms with Crippen LogP contribution in [0.1, 0.15) is 76.0 Å². The van der Waals surface area contributed by atoms with Crippen molar-refractivity contribution in [2.75, 3.05) is 38.2 Å². The van der Waals surface area contributed by atoms with Gasteiger partial charge in [0, 0.05) is 70.9 Å². The second kappa shape index (κ2) is 21.8. The molecule has 2 N–H and O–H groups in total. The molecule has 72 heavy (non-hydrogen) atoms. The lowest BCUT2D eigenvalue weighted by Gasteiger charge is -2.28. The van der Waals surface area contributed by atoms with E-state index in [-0.39, 0.29) is 5.28 Å². The van der Waals surface area contributed by atoms with Gasteiger partial charge >= 0.3 is 11.9 Å². The summed E-state index contributed by atoms with van der Waals surface area (Å²) < 4.78 is 19.3. The third-order valence-electron chi connectivity index (χ3n) is 11.3. The first-order chi connectivity index (χ1) is 34.2. The Morgan fingerprint density at radius 1 is 0.667 bits per heavy atom. The number of hydrogen-bond acceptors (Lipinski definition) is 15. The SMILES string of the molecule is COC(=O)[C@@H](OC(C)(C)C)c1c(C)cc2nc(-c3ccnc(Cl)n3)sc2c1-c1ccc(Cl)cc1.Cc1cc2nc(-c3ccnc(N4CCNCC4)n3)sc2c(-c2ccc(Cl)cc2)c1[C@H](OC(C)(C)C)C(=O)O. The summed E-state index contributed by atoms with van der Waals surface area (Å²) in [6.45, 7) is 18.6. The molecule has 0 saturated carbocycles. The molecule has 1 saturated heterocycles. The number of esters is 1. The molecule has 1 fully saturated rings. The van der Waals surface area contributed by atoms with Crippen molar-refractivity contribution in [3.05, 3.63) is 123 Å². The second-order valence-corrected chi connectivity index (χ2v) is 22.2. The first kappa shape index (κ1) is 52.6. The number of carbonyl (C=O) groups excluding carboxylic acids is 1. The fourth-order valence-corrected chi connectivity index (χ4v) is 10.9. The van der Waals surface area contributed by atoms with Crippen LogP contribution in [0.15, 0.2) is 85.2 Å². The van der Waals surface area contributed by atoms with Gasteiger partial charge in [-0.3, -0.25) is 0 Å². The van der Waals surface area contributed by atoms with Gasteiger partial charge in [0.05, 0.1) is 38.7 Å². The molecule has 2 atom stereocenters. The molecule has 1 aliphatic rings. The maximum atomic E-state index is 13.0. The minimum absolute atomic E-state index is 0.149. The van der Waals surface area contributed by atoms with Crippen LogP contribution in [-0.2, 0) is 23.8 Å². The van der Waals surface area contributed by atoms with Gasteiger partial charge in [-0.05, 0) is 138 Å². The number of aryl methyl sites for hydroxylation is 2. The number of nitrogens with one attached hydrogen (secondary N) is 1. The Bertz CT molecular complexity index is 3280.